The van der Waals surface area contributed by atoms with Gasteiger partial charge < -0.3 is 4.74 Å². The average molecular weight is 450 g/mol. The maximum Gasteiger partial charge on any atom is 0.308 e. The molecule has 0 aliphatic rings. The van der Waals surface area contributed by atoms with Crippen LogP contribution >= 0.6 is 15.9 Å². The fourth-order valence-electron chi connectivity index (χ4n) is 3.15. The van der Waals surface area contributed by atoms with Crippen LogP contribution in [-0.2, 0) is 9.53 Å². The Morgan fingerprint density at radius 3 is 1.48 bits per heavy atom. The van der Waals surface area contributed by atoms with Crippen LogP contribution in [0, 0.1) is 5.92 Å². The van der Waals surface area contributed by atoms with Gasteiger partial charge in [-0.25, -0.2) is 0 Å². The van der Waals surface area contributed by atoms with Gasteiger partial charge in [0.25, 0.3) is 0 Å². The summed E-state index contributed by atoms with van der Waals surface area (Å²) in [4.78, 5) is 12.0. The van der Waals surface area contributed by atoms with Crippen LogP contribution < -0.4 is 0 Å². The van der Waals surface area contributed by atoms with Gasteiger partial charge in [0.05, 0.1) is 12.5 Å². The zero-order chi connectivity index (χ0) is 20.6. The van der Waals surface area contributed by atoms with Gasteiger partial charge in [-0.3, -0.25) is 4.79 Å². The lowest BCUT2D eigenvalue weighted by atomic mass is 9.94. The number of rotatable bonds is 18. The quantitative estimate of drug-likeness (QED) is 0.119. The second-order valence-electron chi connectivity index (χ2n) is 7.60. The molecule has 0 saturated heterocycles. The standard InChI is InChI=1S/C19H38O2.C5H11Br/c1-4-7-9-11-12-13-15-17-18(19(20)21-6-3)16-14-10-8-5-2;1-2-3-4-5-6/h18H,4-17H2,1-3H3;2-5H2,1H3. The molecule has 0 saturated carbocycles. The van der Waals surface area contributed by atoms with E-state index in [0.717, 1.165) is 12.8 Å². The van der Waals surface area contributed by atoms with Crippen molar-refractivity contribution in [2.75, 3.05) is 11.9 Å². The van der Waals surface area contributed by atoms with E-state index in [2.05, 4.69) is 36.7 Å². The number of carbonyl (C=O) groups is 1. The summed E-state index contributed by atoms with van der Waals surface area (Å²) in [5.74, 6) is 0.192. The summed E-state index contributed by atoms with van der Waals surface area (Å²) in [7, 11) is 0. The van der Waals surface area contributed by atoms with Crippen LogP contribution in [0.25, 0.3) is 0 Å². The van der Waals surface area contributed by atoms with Gasteiger partial charge in [-0.15, -0.1) is 0 Å². The molecule has 0 N–H and O–H groups in total. The number of hydrogen-bond donors (Lipinski definition) is 0. The summed E-state index contributed by atoms with van der Waals surface area (Å²) < 4.78 is 5.23. The summed E-state index contributed by atoms with van der Waals surface area (Å²) in [6.07, 6.45) is 20.2. The van der Waals surface area contributed by atoms with Crippen molar-refractivity contribution in [2.24, 2.45) is 5.92 Å². The number of ether oxygens (including phenoxy) is 1. The number of halogens is 1. The maximum absolute atomic E-state index is 12.0. The van der Waals surface area contributed by atoms with Crippen LogP contribution in [0.1, 0.15) is 130 Å². The largest absolute Gasteiger partial charge is 0.466 e. The predicted molar refractivity (Wildman–Crippen MR) is 125 cm³/mol. The number of alkyl halides is 1. The Balaban J connectivity index is 0. The second kappa shape index (κ2) is 26.0. The van der Waals surface area contributed by atoms with Gasteiger partial charge in [-0.1, -0.05) is 120 Å². The first-order valence-corrected chi connectivity index (χ1v) is 13.0. The Hall–Kier alpha value is -0.0500. The molecule has 0 bridgehead atoms. The highest BCUT2D eigenvalue weighted by Crippen LogP contribution is 2.20. The van der Waals surface area contributed by atoms with E-state index in [1.54, 1.807) is 0 Å². The molecule has 164 valence electrons. The highest BCUT2D eigenvalue weighted by Gasteiger charge is 2.18. The molecule has 1 unspecified atom stereocenters. The van der Waals surface area contributed by atoms with Crippen molar-refractivity contribution in [3.8, 4) is 0 Å². The molecule has 0 rings (SSSR count). The van der Waals surface area contributed by atoms with Crippen LogP contribution in [0.4, 0.5) is 0 Å². The third-order valence-corrected chi connectivity index (χ3v) is 5.48. The van der Waals surface area contributed by atoms with E-state index in [9.17, 15) is 4.79 Å². The van der Waals surface area contributed by atoms with Crippen LogP contribution in [0.3, 0.4) is 0 Å². The summed E-state index contributed by atoms with van der Waals surface area (Å²) in [6, 6.07) is 0. The Morgan fingerprint density at radius 2 is 1.07 bits per heavy atom. The molecule has 3 heteroatoms. The van der Waals surface area contributed by atoms with Crippen molar-refractivity contribution in [3.63, 3.8) is 0 Å². The van der Waals surface area contributed by atoms with Gasteiger partial charge >= 0.3 is 5.97 Å². The molecule has 0 aliphatic heterocycles. The van der Waals surface area contributed by atoms with Crippen molar-refractivity contribution in [1.82, 2.24) is 0 Å². The molecule has 0 aromatic heterocycles. The summed E-state index contributed by atoms with van der Waals surface area (Å²) >= 11 is 3.35. The smallest absolute Gasteiger partial charge is 0.308 e. The lowest BCUT2D eigenvalue weighted by molar-refractivity contribution is -0.148. The van der Waals surface area contributed by atoms with E-state index in [0.29, 0.717) is 6.61 Å². The molecule has 0 radical (unpaired) electrons. The zero-order valence-electron chi connectivity index (χ0n) is 19.0. The molecule has 2 nitrogen and oxygen atoms in total. The minimum absolute atomic E-state index is 0.0416. The second-order valence-corrected chi connectivity index (χ2v) is 8.40. The Bertz CT molecular complexity index is 278. The molecule has 0 aliphatic carbocycles. The van der Waals surface area contributed by atoms with E-state index in [1.165, 1.54) is 95.2 Å². The molecule has 0 spiro atoms. The summed E-state index contributed by atoms with van der Waals surface area (Å²) in [5.41, 5.74) is 0. The minimum atomic E-state index is 0.0416. The first-order chi connectivity index (χ1) is 13.2. The van der Waals surface area contributed by atoms with E-state index >= 15 is 0 Å². The minimum Gasteiger partial charge on any atom is -0.466 e. The fraction of sp³-hybridized carbons (Fsp3) is 0.958. The first-order valence-electron chi connectivity index (χ1n) is 11.9. The van der Waals surface area contributed by atoms with Crippen molar-refractivity contribution >= 4 is 21.9 Å². The van der Waals surface area contributed by atoms with Crippen molar-refractivity contribution < 1.29 is 9.53 Å². The van der Waals surface area contributed by atoms with Gasteiger partial charge in [0.1, 0.15) is 0 Å². The maximum atomic E-state index is 12.0. The first kappa shape index (κ1) is 29.2. The predicted octanol–water partition coefficient (Wildman–Crippen LogP) is 8.85. The SMILES string of the molecule is CCCCCBr.CCCCCCCCCC(CCCCCC)C(=O)OCC. The highest BCUT2D eigenvalue weighted by atomic mass is 79.9. The third kappa shape index (κ3) is 23.9. The lowest BCUT2D eigenvalue weighted by Gasteiger charge is -2.15. The fourth-order valence-corrected chi connectivity index (χ4v) is 3.55. The molecule has 0 aromatic rings. The molecule has 0 amide bonds. The highest BCUT2D eigenvalue weighted by molar-refractivity contribution is 9.09. The van der Waals surface area contributed by atoms with Gasteiger partial charge in [-0.2, -0.15) is 0 Å². The molecule has 1 atom stereocenters. The van der Waals surface area contributed by atoms with Crippen LogP contribution in [0.15, 0.2) is 0 Å². The molecular weight excluding hydrogens is 400 g/mol. The normalized spacial score (nSPS) is 11.6. The van der Waals surface area contributed by atoms with E-state index in [1.807, 2.05) is 6.92 Å². The molecular formula is C24H49BrO2. The Kier molecular flexibility index (Phi) is 28.0. The average Bonchev–Trinajstić information content (AvgIpc) is 2.67. The third-order valence-electron chi connectivity index (χ3n) is 4.92. The van der Waals surface area contributed by atoms with Crippen molar-refractivity contribution in [1.29, 1.82) is 0 Å². The molecule has 0 heterocycles. The number of unbranched alkanes of at least 4 members (excludes halogenated alkanes) is 11. The van der Waals surface area contributed by atoms with Gasteiger partial charge in [0.2, 0.25) is 0 Å². The molecule has 27 heavy (non-hydrogen) atoms. The van der Waals surface area contributed by atoms with E-state index in [4.69, 9.17) is 4.74 Å². The number of esters is 1. The molecule has 0 fully saturated rings. The van der Waals surface area contributed by atoms with Gasteiger partial charge in [-0.05, 0) is 26.2 Å². The molecule has 0 aromatic carbocycles. The lowest BCUT2D eigenvalue weighted by Crippen LogP contribution is -2.18. The Labute approximate surface area is 179 Å². The van der Waals surface area contributed by atoms with E-state index in [-0.39, 0.29) is 11.9 Å². The van der Waals surface area contributed by atoms with Crippen LogP contribution in [0.2, 0.25) is 0 Å². The number of hydrogen-bond acceptors (Lipinski definition) is 2. The summed E-state index contributed by atoms with van der Waals surface area (Å²) in [6.45, 7) is 9.10. The monoisotopic (exact) mass is 448 g/mol. The van der Waals surface area contributed by atoms with E-state index < -0.39 is 0 Å². The Morgan fingerprint density at radius 1 is 0.667 bits per heavy atom. The topological polar surface area (TPSA) is 26.3 Å². The van der Waals surface area contributed by atoms with Gasteiger partial charge in [0, 0.05) is 5.33 Å². The van der Waals surface area contributed by atoms with Crippen molar-refractivity contribution in [3.05, 3.63) is 0 Å². The van der Waals surface area contributed by atoms with Crippen LogP contribution in [-0.4, -0.2) is 17.9 Å². The van der Waals surface area contributed by atoms with Crippen molar-refractivity contribution in [2.45, 2.75) is 130 Å². The zero-order valence-corrected chi connectivity index (χ0v) is 20.6. The van der Waals surface area contributed by atoms with Crippen LogP contribution in [0.5, 0.6) is 0 Å². The number of carbonyl (C=O) groups excluding carboxylic acids is 1. The summed E-state index contributed by atoms with van der Waals surface area (Å²) in [5, 5.41) is 1.17. The van der Waals surface area contributed by atoms with Gasteiger partial charge in [0.15, 0.2) is 0 Å².